The Morgan fingerprint density at radius 1 is 1.06 bits per heavy atom. The van der Waals surface area contributed by atoms with Crippen LogP contribution in [0.2, 0.25) is 0 Å². The van der Waals surface area contributed by atoms with Gasteiger partial charge in [-0.15, -0.1) is 0 Å². The van der Waals surface area contributed by atoms with Crippen molar-refractivity contribution in [3.05, 3.63) is 82.7 Å². The zero-order valence-electron chi connectivity index (χ0n) is 17.1. The second-order valence-corrected chi connectivity index (χ2v) is 7.14. The van der Waals surface area contributed by atoms with Crippen LogP contribution in [0.4, 0.5) is 18.9 Å². The number of amides is 1. The Kier molecular flexibility index (Phi) is 5.55. The van der Waals surface area contributed by atoms with Crippen LogP contribution in [0.25, 0.3) is 22.1 Å². The third-order valence-corrected chi connectivity index (χ3v) is 4.77. The summed E-state index contributed by atoms with van der Waals surface area (Å²) in [5.74, 6) is -1.12. The Balaban J connectivity index is 1.74. The molecule has 0 saturated carbocycles. The summed E-state index contributed by atoms with van der Waals surface area (Å²) >= 11 is 0. The van der Waals surface area contributed by atoms with E-state index in [2.05, 4.69) is 5.32 Å². The summed E-state index contributed by atoms with van der Waals surface area (Å²) in [6.07, 6.45) is -3.56. The quantitative estimate of drug-likeness (QED) is 0.398. The van der Waals surface area contributed by atoms with Crippen LogP contribution in [0, 0.1) is 0 Å². The molecule has 0 unspecified atom stereocenters. The number of hydrogen-bond acceptors (Lipinski definition) is 5. The number of phenols is 1. The summed E-state index contributed by atoms with van der Waals surface area (Å²) in [5, 5.41) is 11.8. The van der Waals surface area contributed by atoms with E-state index in [9.17, 15) is 27.9 Å². The number of carbonyl (C=O) groups excluding carboxylic acids is 1. The number of carbonyl (C=O) groups is 1. The molecule has 33 heavy (non-hydrogen) atoms. The van der Waals surface area contributed by atoms with Crippen molar-refractivity contribution in [2.24, 2.45) is 0 Å². The predicted molar refractivity (Wildman–Crippen MR) is 115 cm³/mol. The zero-order valence-corrected chi connectivity index (χ0v) is 17.1. The number of ether oxygens (including phenoxy) is 1. The van der Waals surface area contributed by atoms with Gasteiger partial charge in [0.25, 0.3) is 0 Å². The minimum absolute atomic E-state index is 0.00788. The highest BCUT2D eigenvalue weighted by molar-refractivity contribution is 5.90. The molecule has 9 heteroatoms. The maximum absolute atomic E-state index is 13.7. The molecule has 0 aliphatic heterocycles. The lowest BCUT2D eigenvalue weighted by atomic mass is 10.1. The van der Waals surface area contributed by atoms with E-state index >= 15 is 0 Å². The summed E-state index contributed by atoms with van der Waals surface area (Å²) in [5.41, 5.74) is -1.00. The largest absolute Gasteiger partial charge is 0.508 e. The van der Waals surface area contributed by atoms with Gasteiger partial charge in [0.2, 0.25) is 5.91 Å². The molecule has 3 aromatic carbocycles. The van der Waals surface area contributed by atoms with Crippen LogP contribution in [0.3, 0.4) is 0 Å². The standard InChI is InChI=1S/C24H16F3NO5/c1-13(29)28-19-3-2-4-20(22(19)24(25,26)27)33-16-9-10-17-21(11-16)32-12-18(23(17)31)14-5-7-15(30)8-6-14/h2-12,30H,1H3,(H,28,29). The maximum Gasteiger partial charge on any atom is 0.421 e. The second-order valence-electron chi connectivity index (χ2n) is 7.14. The number of nitrogens with one attached hydrogen (secondary N) is 1. The van der Waals surface area contributed by atoms with Crippen LogP contribution in [0.15, 0.2) is 76.1 Å². The highest BCUT2D eigenvalue weighted by Crippen LogP contribution is 2.43. The molecule has 0 saturated heterocycles. The van der Waals surface area contributed by atoms with Gasteiger partial charge in [-0.2, -0.15) is 13.2 Å². The number of alkyl halides is 3. The molecule has 0 aliphatic carbocycles. The lowest BCUT2D eigenvalue weighted by Crippen LogP contribution is -2.15. The third-order valence-electron chi connectivity index (χ3n) is 4.77. The number of phenolic OH excluding ortho intramolecular Hbond substituents is 1. The molecule has 0 aliphatic rings. The lowest BCUT2D eigenvalue weighted by molar-refractivity contribution is -0.137. The fourth-order valence-corrected chi connectivity index (χ4v) is 3.34. The van der Waals surface area contributed by atoms with E-state index in [1.165, 1.54) is 42.7 Å². The molecule has 0 atom stereocenters. The topological polar surface area (TPSA) is 88.8 Å². The number of aromatic hydroxyl groups is 1. The van der Waals surface area contributed by atoms with Crippen LogP contribution in [-0.2, 0) is 11.0 Å². The van der Waals surface area contributed by atoms with E-state index in [1.54, 1.807) is 12.1 Å². The Hall–Kier alpha value is -4.27. The van der Waals surface area contributed by atoms with E-state index in [0.29, 0.717) is 5.56 Å². The van der Waals surface area contributed by atoms with E-state index in [-0.39, 0.29) is 33.5 Å². The van der Waals surface area contributed by atoms with Crippen molar-refractivity contribution in [3.8, 4) is 28.4 Å². The minimum Gasteiger partial charge on any atom is -0.508 e. The Morgan fingerprint density at radius 2 is 1.79 bits per heavy atom. The van der Waals surface area contributed by atoms with E-state index < -0.39 is 29.1 Å². The van der Waals surface area contributed by atoms with E-state index in [1.807, 2.05) is 0 Å². The number of halogens is 3. The highest BCUT2D eigenvalue weighted by atomic mass is 19.4. The Morgan fingerprint density at radius 3 is 2.45 bits per heavy atom. The minimum atomic E-state index is -4.79. The van der Waals surface area contributed by atoms with Gasteiger partial charge in [-0.1, -0.05) is 18.2 Å². The van der Waals surface area contributed by atoms with Gasteiger partial charge in [0.15, 0.2) is 5.43 Å². The number of hydrogen-bond donors (Lipinski definition) is 2. The first kappa shape index (κ1) is 21.9. The summed E-state index contributed by atoms with van der Waals surface area (Å²) < 4.78 is 52.1. The van der Waals surface area contributed by atoms with E-state index in [0.717, 1.165) is 19.1 Å². The molecular weight excluding hydrogens is 439 g/mol. The van der Waals surface area contributed by atoms with Crippen LogP contribution >= 0.6 is 0 Å². The summed E-state index contributed by atoms with van der Waals surface area (Å²) in [4.78, 5) is 24.2. The first-order valence-electron chi connectivity index (χ1n) is 9.64. The summed E-state index contributed by atoms with van der Waals surface area (Å²) in [6.45, 7) is 1.10. The van der Waals surface area contributed by atoms with Gasteiger partial charge in [0.05, 0.1) is 16.6 Å². The molecule has 4 aromatic rings. The van der Waals surface area contributed by atoms with Gasteiger partial charge in [-0.25, -0.2) is 0 Å². The summed E-state index contributed by atoms with van der Waals surface area (Å²) in [6, 6.07) is 13.6. The van der Waals surface area contributed by atoms with Crippen molar-refractivity contribution < 1.29 is 32.2 Å². The monoisotopic (exact) mass is 455 g/mol. The van der Waals surface area contributed by atoms with Crippen molar-refractivity contribution in [2.75, 3.05) is 5.32 Å². The first-order valence-corrected chi connectivity index (χ1v) is 9.64. The molecule has 4 rings (SSSR count). The molecule has 0 radical (unpaired) electrons. The van der Waals surface area contributed by atoms with Crippen LogP contribution in [-0.4, -0.2) is 11.0 Å². The molecule has 6 nitrogen and oxygen atoms in total. The zero-order chi connectivity index (χ0) is 23.8. The van der Waals surface area contributed by atoms with Gasteiger partial charge in [0, 0.05) is 13.0 Å². The molecular formula is C24H16F3NO5. The average Bonchev–Trinajstić information content (AvgIpc) is 2.74. The number of rotatable bonds is 4. The summed E-state index contributed by atoms with van der Waals surface area (Å²) in [7, 11) is 0. The highest BCUT2D eigenvalue weighted by Gasteiger charge is 2.38. The Labute approximate surface area is 184 Å². The van der Waals surface area contributed by atoms with Crippen LogP contribution in [0.1, 0.15) is 12.5 Å². The fourth-order valence-electron chi connectivity index (χ4n) is 3.34. The number of fused-ring (bicyclic) bond motifs is 1. The van der Waals surface area contributed by atoms with Crippen molar-refractivity contribution in [1.82, 2.24) is 0 Å². The molecule has 0 fully saturated rings. The number of anilines is 1. The molecule has 1 aromatic heterocycles. The van der Waals surface area contributed by atoms with Gasteiger partial charge in [-0.3, -0.25) is 9.59 Å². The second kappa shape index (κ2) is 8.34. The van der Waals surface area contributed by atoms with Crippen molar-refractivity contribution in [3.63, 3.8) is 0 Å². The molecule has 0 bridgehead atoms. The normalized spacial score (nSPS) is 11.4. The van der Waals surface area contributed by atoms with Crippen LogP contribution in [0.5, 0.6) is 17.2 Å². The average molecular weight is 455 g/mol. The molecule has 0 spiro atoms. The molecule has 2 N–H and O–H groups in total. The van der Waals surface area contributed by atoms with E-state index in [4.69, 9.17) is 9.15 Å². The van der Waals surface area contributed by atoms with Crippen LogP contribution < -0.4 is 15.5 Å². The third kappa shape index (κ3) is 4.52. The van der Waals surface area contributed by atoms with Crippen molar-refractivity contribution >= 4 is 22.6 Å². The molecule has 1 heterocycles. The van der Waals surface area contributed by atoms with Gasteiger partial charge in [-0.05, 0) is 42.0 Å². The Bertz CT molecular complexity index is 1410. The van der Waals surface area contributed by atoms with Crippen molar-refractivity contribution in [2.45, 2.75) is 13.1 Å². The lowest BCUT2D eigenvalue weighted by Gasteiger charge is -2.17. The smallest absolute Gasteiger partial charge is 0.421 e. The molecule has 168 valence electrons. The van der Waals surface area contributed by atoms with Gasteiger partial charge >= 0.3 is 6.18 Å². The SMILES string of the molecule is CC(=O)Nc1cccc(Oc2ccc3c(=O)c(-c4ccc(O)cc4)coc3c2)c1C(F)(F)F. The fraction of sp³-hybridized carbons (Fsp3) is 0.0833. The predicted octanol–water partition coefficient (Wildman–Crippen LogP) is 5.94. The number of benzene rings is 3. The van der Waals surface area contributed by atoms with Crippen molar-refractivity contribution in [1.29, 1.82) is 0 Å². The van der Waals surface area contributed by atoms with Gasteiger partial charge < -0.3 is 19.6 Å². The molecule has 1 amide bonds. The maximum atomic E-state index is 13.7. The van der Waals surface area contributed by atoms with Gasteiger partial charge in [0.1, 0.15) is 34.7 Å². The first-order chi connectivity index (χ1) is 15.6.